The highest BCUT2D eigenvalue weighted by molar-refractivity contribution is 5.31. The second-order valence-electron chi connectivity index (χ2n) is 6.48. The average molecular weight is 290 g/mol. The van der Waals surface area contributed by atoms with E-state index in [1.165, 1.54) is 0 Å². The van der Waals surface area contributed by atoms with Crippen LogP contribution < -0.4 is 0 Å². The fourth-order valence-corrected chi connectivity index (χ4v) is 1.40. The topological polar surface area (TPSA) is 38.7 Å². The van der Waals surface area contributed by atoms with Crippen LogP contribution in [0.2, 0.25) is 0 Å². The maximum atomic E-state index is 10.5. The molecule has 1 N–H and O–H groups in total. The molecule has 0 aliphatic carbocycles. The predicted octanol–water partition coefficient (Wildman–Crippen LogP) is 3.81. The molecule has 0 aromatic heterocycles. The van der Waals surface area contributed by atoms with Gasteiger partial charge in [-0.25, -0.2) is 9.78 Å². The summed E-state index contributed by atoms with van der Waals surface area (Å²) in [5.74, 6) is 5.82. The van der Waals surface area contributed by atoms with Crippen molar-refractivity contribution in [3.05, 3.63) is 35.9 Å². The van der Waals surface area contributed by atoms with Crippen LogP contribution in [0.15, 0.2) is 30.3 Å². The summed E-state index contributed by atoms with van der Waals surface area (Å²) in [5.41, 5.74) is -1.63. The molecule has 0 saturated heterocycles. The summed E-state index contributed by atoms with van der Waals surface area (Å²) in [4.78, 5) is 10.9. The molecule has 1 aromatic carbocycles. The van der Waals surface area contributed by atoms with Crippen molar-refractivity contribution in [2.24, 2.45) is 0 Å². The van der Waals surface area contributed by atoms with E-state index in [2.05, 4.69) is 11.8 Å². The van der Waals surface area contributed by atoms with Crippen molar-refractivity contribution < 1.29 is 14.9 Å². The van der Waals surface area contributed by atoms with Crippen molar-refractivity contribution in [2.45, 2.75) is 64.8 Å². The minimum absolute atomic E-state index is 0.360. The molecule has 0 bridgehead atoms. The lowest BCUT2D eigenvalue weighted by molar-refractivity contribution is -0.388. The van der Waals surface area contributed by atoms with Gasteiger partial charge in [0.05, 0.1) is 5.60 Å². The van der Waals surface area contributed by atoms with Crippen LogP contribution in [0.4, 0.5) is 0 Å². The largest absolute Gasteiger partial charge is 0.374 e. The zero-order chi connectivity index (χ0) is 16.1. The molecule has 0 heterocycles. The molecule has 0 amide bonds. The van der Waals surface area contributed by atoms with E-state index in [1.54, 1.807) is 6.92 Å². The third kappa shape index (κ3) is 5.89. The first kappa shape index (κ1) is 17.7. The molecule has 3 nitrogen and oxygen atoms in total. The Morgan fingerprint density at radius 2 is 1.52 bits per heavy atom. The van der Waals surface area contributed by atoms with E-state index in [1.807, 2.05) is 65.0 Å². The van der Waals surface area contributed by atoms with Crippen LogP contribution >= 0.6 is 0 Å². The summed E-state index contributed by atoms with van der Waals surface area (Å²) in [6.07, 6.45) is 0.832. The lowest BCUT2D eigenvalue weighted by Gasteiger charge is -2.27. The zero-order valence-electron chi connectivity index (χ0n) is 13.9. The molecule has 3 heteroatoms. The van der Waals surface area contributed by atoms with Crippen LogP contribution in [0.25, 0.3) is 0 Å². The van der Waals surface area contributed by atoms with Crippen LogP contribution in [-0.2, 0) is 15.4 Å². The second-order valence-corrected chi connectivity index (χ2v) is 6.48. The molecule has 0 spiro atoms. The Labute approximate surface area is 128 Å². The number of rotatable bonds is 5. The fourth-order valence-electron chi connectivity index (χ4n) is 1.40. The van der Waals surface area contributed by atoms with Crippen molar-refractivity contribution >= 4 is 0 Å². The molecule has 0 fully saturated rings. The lowest BCUT2D eigenvalue weighted by atomic mass is 9.95. The third-order valence-corrected chi connectivity index (χ3v) is 3.27. The summed E-state index contributed by atoms with van der Waals surface area (Å²) in [6.45, 7) is 11.2. The van der Waals surface area contributed by atoms with E-state index in [0.29, 0.717) is 0 Å². The van der Waals surface area contributed by atoms with Gasteiger partial charge in [-0.05, 0) is 46.6 Å². The summed E-state index contributed by atoms with van der Waals surface area (Å²) in [7, 11) is 0. The highest BCUT2D eigenvalue weighted by Gasteiger charge is 2.25. The Morgan fingerprint density at radius 1 is 0.952 bits per heavy atom. The van der Waals surface area contributed by atoms with Crippen LogP contribution in [0.5, 0.6) is 0 Å². The molecule has 0 radical (unpaired) electrons. The Morgan fingerprint density at radius 3 is 2.05 bits per heavy atom. The van der Waals surface area contributed by atoms with Gasteiger partial charge in [0.1, 0.15) is 5.60 Å². The number of benzene rings is 1. The van der Waals surface area contributed by atoms with E-state index < -0.39 is 11.2 Å². The highest BCUT2D eigenvalue weighted by Crippen LogP contribution is 2.22. The standard InChI is InChI=1S/C18H26O3/c1-7-16(2,3)20-21-17(4,5)13-14-18(6,19)15-11-9-8-10-12-15/h8-12,19H,7H2,1-6H3/t18-/m1/s1. The maximum Gasteiger partial charge on any atom is 0.158 e. The molecule has 0 aliphatic heterocycles. The van der Waals surface area contributed by atoms with Crippen LogP contribution in [0.1, 0.15) is 53.5 Å². The summed E-state index contributed by atoms with van der Waals surface area (Å²) in [5, 5.41) is 10.5. The van der Waals surface area contributed by atoms with Crippen LogP contribution in [-0.4, -0.2) is 16.3 Å². The number of hydrogen-bond donors (Lipinski definition) is 1. The summed E-state index contributed by atoms with van der Waals surface area (Å²) >= 11 is 0. The normalized spacial score (nSPS) is 15.0. The van der Waals surface area contributed by atoms with Crippen molar-refractivity contribution in [1.82, 2.24) is 0 Å². The summed E-state index contributed by atoms with van der Waals surface area (Å²) in [6, 6.07) is 9.35. The van der Waals surface area contributed by atoms with E-state index in [4.69, 9.17) is 9.78 Å². The minimum atomic E-state index is -1.22. The quantitative estimate of drug-likeness (QED) is 0.509. The first-order valence-corrected chi connectivity index (χ1v) is 7.27. The van der Waals surface area contributed by atoms with Gasteiger partial charge in [0.15, 0.2) is 5.60 Å². The third-order valence-electron chi connectivity index (χ3n) is 3.27. The summed E-state index contributed by atoms with van der Waals surface area (Å²) < 4.78 is 0. The van der Waals surface area contributed by atoms with Crippen molar-refractivity contribution in [3.8, 4) is 11.8 Å². The highest BCUT2D eigenvalue weighted by atomic mass is 17.2. The molecule has 0 saturated carbocycles. The van der Waals surface area contributed by atoms with Crippen LogP contribution in [0, 0.1) is 11.8 Å². The van der Waals surface area contributed by atoms with E-state index >= 15 is 0 Å². The lowest BCUT2D eigenvalue weighted by Crippen LogP contribution is -2.31. The first-order valence-electron chi connectivity index (χ1n) is 7.27. The zero-order valence-corrected chi connectivity index (χ0v) is 13.9. The fraction of sp³-hybridized carbons (Fsp3) is 0.556. The van der Waals surface area contributed by atoms with Gasteiger partial charge in [-0.1, -0.05) is 49.1 Å². The van der Waals surface area contributed by atoms with Crippen molar-refractivity contribution in [2.75, 3.05) is 0 Å². The smallest absolute Gasteiger partial charge is 0.158 e. The molecule has 1 aromatic rings. The van der Waals surface area contributed by atoms with Gasteiger partial charge in [-0.2, -0.15) is 0 Å². The van der Waals surface area contributed by atoms with Gasteiger partial charge in [0, 0.05) is 0 Å². The van der Waals surface area contributed by atoms with Crippen molar-refractivity contribution in [1.29, 1.82) is 0 Å². The van der Waals surface area contributed by atoms with Gasteiger partial charge < -0.3 is 5.11 Å². The molecule has 21 heavy (non-hydrogen) atoms. The minimum Gasteiger partial charge on any atom is -0.374 e. The van der Waals surface area contributed by atoms with Crippen LogP contribution in [0.3, 0.4) is 0 Å². The van der Waals surface area contributed by atoms with Gasteiger partial charge in [0.2, 0.25) is 0 Å². The molecular formula is C18H26O3. The Bertz CT molecular complexity index is 504. The average Bonchev–Trinajstić information content (AvgIpc) is 2.45. The second kappa shape index (κ2) is 6.62. The molecule has 1 rings (SSSR count). The van der Waals surface area contributed by atoms with E-state index in [0.717, 1.165) is 12.0 Å². The Hall–Kier alpha value is -1.34. The van der Waals surface area contributed by atoms with Gasteiger partial charge in [0.25, 0.3) is 0 Å². The monoisotopic (exact) mass is 290 g/mol. The van der Waals surface area contributed by atoms with Gasteiger partial charge in [-0.3, -0.25) is 0 Å². The maximum absolute atomic E-state index is 10.5. The van der Waals surface area contributed by atoms with E-state index in [9.17, 15) is 5.11 Å². The van der Waals surface area contributed by atoms with Crippen molar-refractivity contribution in [3.63, 3.8) is 0 Å². The molecule has 116 valence electrons. The SMILES string of the molecule is CCC(C)(C)OOC(C)(C)C#C[C@@](C)(O)c1ccccc1. The molecular weight excluding hydrogens is 264 g/mol. The van der Waals surface area contributed by atoms with Gasteiger partial charge >= 0.3 is 0 Å². The number of hydrogen-bond acceptors (Lipinski definition) is 3. The molecule has 0 aliphatic rings. The Kier molecular flexibility index (Phi) is 5.58. The first-order chi connectivity index (χ1) is 9.58. The Balaban J connectivity index is 2.80. The predicted molar refractivity (Wildman–Crippen MR) is 84.4 cm³/mol. The molecule has 1 atom stereocenters. The van der Waals surface area contributed by atoms with Gasteiger partial charge in [-0.15, -0.1) is 0 Å². The molecule has 0 unspecified atom stereocenters. The number of aliphatic hydroxyl groups is 1. The van der Waals surface area contributed by atoms with E-state index in [-0.39, 0.29) is 5.60 Å².